The van der Waals surface area contributed by atoms with Crippen LogP contribution >= 0.6 is 0 Å². The lowest BCUT2D eigenvalue weighted by Crippen LogP contribution is -2.43. The lowest BCUT2D eigenvalue weighted by molar-refractivity contribution is 0.149. The summed E-state index contributed by atoms with van der Waals surface area (Å²) in [6.07, 6.45) is 5.86. The first kappa shape index (κ1) is 12.5. The number of hydrogen-bond acceptors (Lipinski definition) is 3. The molecule has 0 aromatic carbocycles. The molecule has 0 saturated heterocycles. The molecule has 0 amide bonds. The highest BCUT2D eigenvalue weighted by Gasteiger charge is 2.26. The second-order valence-corrected chi connectivity index (χ2v) is 4.51. The van der Waals surface area contributed by atoms with Crippen LogP contribution in [0, 0.1) is 11.3 Å². The van der Waals surface area contributed by atoms with Gasteiger partial charge in [-0.3, -0.25) is 4.90 Å². The molecular formula is C12H23N3. The van der Waals surface area contributed by atoms with Crippen molar-refractivity contribution in [2.24, 2.45) is 0 Å². The quantitative estimate of drug-likeness (QED) is 0.766. The standard InChI is InChI=1S/C12H23N3/c1-4-11(9-13)15(3)12-7-5-10(14-2)6-8-12/h10-12,14H,4-8H2,1-3H3. The Kier molecular flexibility index (Phi) is 5.07. The lowest BCUT2D eigenvalue weighted by atomic mass is 9.89. The van der Waals surface area contributed by atoms with Gasteiger partial charge in [0.15, 0.2) is 0 Å². The second-order valence-electron chi connectivity index (χ2n) is 4.51. The zero-order valence-corrected chi connectivity index (χ0v) is 10.2. The fourth-order valence-corrected chi connectivity index (χ4v) is 2.50. The highest BCUT2D eigenvalue weighted by molar-refractivity contribution is 4.93. The van der Waals surface area contributed by atoms with Crippen molar-refractivity contribution in [2.45, 2.75) is 57.2 Å². The molecule has 0 aromatic heterocycles. The van der Waals surface area contributed by atoms with E-state index in [1.54, 1.807) is 0 Å². The molecule has 0 bridgehead atoms. The van der Waals surface area contributed by atoms with Crippen molar-refractivity contribution in [1.29, 1.82) is 5.26 Å². The summed E-state index contributed by atoms with van der Waals surface area (Å²) >= 11 is 0. The molecule has 1 aliphatic rings. The van der Waals surface area contributed by atoms with Crippen LogP contribution in [0.15, 0.2) is 0 Å². The van der Waals surface area contributed by atoms with E-state index in [1.807, 2.05) is 7.05 Å². The Morgan fingerprint density at radius 1 is 1.40 bits per heavy atom. The molecule has 3 nitrogen and oxygen atoms in total. The molecule has 86 valence electrons. The highest BCUT2D eigenvalue weighted by Crippen LogP contribution is 2.23. The van der Waals surface area contributed by atoms with Gasteiger partial charge < -0.3 is 5.32 Å². The minimum absolute atomic E-state index is 0.0983. The van der Waals surface area contributed by atoms with Gasteiger partial charge in [0.25, 0.3) is 0 Å². The Labute approximate surface area is 93.5 Å². The van der Waals surface area contributed by atoms with Gasteiger partial charge in [-0.2, -0.15) is 5.26 Å². The van der Waals surface area contributed by atoms with E-state index in [1.165, 1.54) is 25.7 Å². The van der Waals surface area contributed by atoms with Crippen molar-refractivity contribution < 1.29 is 0 Å². The molecule has 1 aliphatic carbocycles. The third-order valence-corrected chi connectivity index (χ3v) is 3.71. The first-order valence-electron chi connectivity index (χ1n) is 6.01. The van der Waals surface area contributed by atoms with E-state index in [0.29, 0.717) is 12.1 Å². The average Bonchev–Trinajstić information content (AvgIpc) is 2.30. The van der Waals surface area contributed by atoms with Crippen molar-refractivity contribution in [2.75, 3.05) is 14.1 Å². The van der Waals surface area contributed by atoms with E-state index >= 15 is 0 Å². The Hall–Kier alpha value is -0.590. The molecule has 1 fully saturated rings. The van der Waals surface area contributed by atoms with E-state index < -0.39 is 0 Å². The summed E-state index contributed by atoms with van der Waals surface area (Å²) in [5, 5.41) is 12.4. The van der Waals surface area contributed by atoms with Crippen LogP contribution in [-0.4, -0.2) is 37.1 Å². The smallest absolute Gasteiger partial charge is 0.0975 e. The van der Waals surface area contributed by atoms with E-state index in [4.69, 9.17) is 5.26 Å². The van der Waals surface area contributed by atoms with Crippen molar-refractivity contribution in [3.05, 3.63) is 0 Å². The maximum Gasteiger partial charge on any atom is 0.0975 e. The van der Waals surface area contributed by atoms with E-state index in [-0.39, 0.29) is 6.04 Å². The van der Waals surface area contributed by atoms with Crippen molar-refractivity contribution in [3.63, 3.8) is 0 Å². The summed E-state index contributed by atoms with van der Waals surface area (Å²) in [6.45, 7) is 2.09. The van der Waals surface area contributed by atoms with Crippen LogP contribution in [0.2, 0.25) is 0 Å². The van der Waals surface area contributed by atoms with Gasteiger partial charge in [0.2, 0.25) is 0 Å². The van der Waals surface area contributed by atoms with Gasteiger partial charge in [0, 0.05) is 12.1 Å². The molecule has 1 atom stereocenters. The molecule has 3 heteroatoms. The molecule has 0 spiro atoms. The summed E-state index contributed by atoms with van der Waals surface area (Å²) in [4.78, 5) is 2.27. The summed E-state index contributed by atoms with van der Waals surface area (Å²) in [5.74, 6) is 0. The zero-order valence-electron chi connectivity index (χ0n) is 10.2. The van der Waals surface area contributed by atoms with Gasteiger partial charge in [-0.1, -0.05) is 6.92 Å². The monoisotopic (exact) mass is 209 g/mol. The zero-order chi connectivity index (χ0) is 11.3. The van der Waals surface area contributed by atoms with Crippen LogP contribution < -0.4 is 5.32 Å². The highest BCUT2D eigenvalue weighted by atomic mass is 15.2. The number of hydrogen-bond donors (Lipinski definition) is 1. The normalized spacial score (nSPS) is 28.7. The topological polar surface area (TPSA) is 39.1 Å². The maximum absolute atomic E-state index is 9.02. The minimum Gasteiger partial charge on any atom is -0.317 e. The fraction of sp³-hybridized carbons (Fsp3) is 0.917. The molecule has 1 unspecified atom stereocenters. The molecule has 15 heavy (non-hydrogen) atoms. The van der Waals surface area contributed by atoms with Crippen LogP contribution in [0.4, 0.5) is 0 Å². The molecule has 1 rings (SSSR count). The van der Waals surface area contributed by atoms with Gasteiger partial charge in [-0.25, -0.2) is 0 Å². The Morgan fingerprint density at radius 2 is 2.00 bits per heavy atom. The molecular weight excluding hydrogens is 186 g/mol. The predicted octanol–water partition coefficient (Wildman–Crippen LogP) is 1.75. The van der Waals surface area contributed by atoms with Gasteiger partial charge in [-0.15, -0.1) is 0 Å². The number of nitrogens with zero attached hydrogens (tertiary/aromatic N) is 2. The van der Waals surface area contributed by atoms with Crippen LogP contribution in [0.1, 0.15) is 39.0 Å². The third kappa shape index (κ3) is 3.19. The largest absolute Gasteiger partial charge is 0.317 e. The minimum atomic E-state index is 0.0983. The SMILES string of the molecule is CCC(C#N)N(C)C1CCC(NC)CC1. The third-order valence-electron chi connectivity index (χ3n) is 3.71. The predicted molar refractivity (Wildman–Crippen MR) is 62.6 cm³/mol. The van der Waals surface area contributed by atoms with Gasteiger partial charge >= 0.3 is 0 Å². The number of nitriles is 1. The molecule has 0 radical (unpaired) electrons. The van der Waals surface area contributed by atoms with Crippen LogP contribution in [0.25, 0.3) is 0 Å². The number of rotatable bonds is 4. The number of nitrogens with one attached hydrogen (secondary N) is 1. The first-order chi connectivity index (χ1) is 7.22. The Balaban J connectivity index is 2.42. The molecule has 0 heterocycles. The first-order valence-corrected chi connectivity index (χ1v) is 6.01. The molecule has 1 N–H and O–H groups in total. The molecule has 1 saturated carbocycles. The van der Waals surface area contributed by atoms with E-state index in [0.717, 1.165) is 6.42 Å². The molecule has 0 aliphatic heterocycles. The van der Waals surface area contributed by atoms with Gasteiger partial charge in [0.1, 0.15) is 0 Å². The second kappa shape index (κ2) is 6.09. The average molecular weight is 209 g/mol. The van der Waals surface area contributed by atoms with E-state index in [9.17, 15) is 0 Å². The van der Waals surface area contributed by atoms with Crippen molar-refractivity contribution in [3.8, 4) is 6.07 Å². The van der Waals surface area contributed by atoms with Crippen molar-refractivity contribution >= 4 is 0 Å². The molecule has 0 aromatic rings. The van der Waals surface area contributed by atoms with Crippen LogP contribution in [0.5, 0.6) is 0 Å². The van der Waals surface area contributed by atoms with Crippen LogP contribution in [0.3, 0.4) is 0 Å². The Bertz CT molecular complexity index is 213. The summed E-state index contributed by atoms with van der Waals surface area (Å²) < 4.78 is 0. The maximum atomic E-state index is 9.02. The Morgan fingerprint density at radius 3 is 2.40 bits per heavy atom. The summed E-state index contributed by atoms with van der Waals surface area (Å²) in [5.41, 5.74) is 0. The van der Waals surface area contributed by atoms with Crippen LogP contribution in [-0.2, 0) is 0 Å². The van der Waals surface area contributed by atoms with Gasteiger partial charge in [0.05, 0.1) is 12.1 Å². The lowest BCUT2D eigenvalue weighted by Gasteiger charge is -2.36. The van der Waals surface area contributed by atoms with Crippen molar-refractivity contribution in [1.82, 2.24) is 10.2 Å². The van der Waals surface area contributed by atoms with Gasteiger partial charge in [-0.05, 0) is 46.2 Å². The fourth-order valence-electron chi connectivity index (χ4n) is 2.50. The van der Waals surface area contributed by atoms with E-state index in [2.05, 4.69) is 30.3 Å². The summed E-state index contributed by atoms with van der Waals surface area (Å²) in [6, 6.07) is 3.78. The summed E-state index contributed by atoms with van der Waals surface area (Å²) in [7, 11) is 4.14.